The lowest BCUT2D eigenvalue weighted by atomic mass is 9.77. The van der Waals surface area contributed by atoms with Crippen molar-refractivity contribution >= 4 is 0 Å². The topological polar surface area (TPSA) is 47.0 Å². The first kappa shape index (κ1) is 13.4. The molecule has 1 aliphatic rings. The summed E-state index contributed by atoms with van der Waals surface area (Å²) in [7, 11) is 0. The Hall–Kier alpha value is -1.00. The van der Waals surface area contributed by atoms with Gasteiger partial charge in [-0.1, -0.05) is 6.92 Å². The minimum absolute atomic E-state index is 0.378. The van der Waals surface area contributed by atoms with E-state index in [0.717, 1.165) is 25.5 Å². The fourth-order valence-corrected chi connectivity index (χ4v) is 2.65. The first-order chi connectivity index (χ1) is 8.83. The van der Waals surface area contributed by atoms with Crippen LogP contribution in [-0.4, -0.2) is 29.2 Å². The van der Waals surface area contributed by atoms with Crippen LogP contribution in [0.15, 0.2) is 18.7 Å². The molecule has 1 fully saturated rings. The summed E-state index contributed by atoms with van der Waals surface area (Å²) in [6.45, 7) is 6.01. The molecule has 1 heterocycles. The Morgan fingerprint density at radius 2 is 2.06 bits per heavy atom. The van der Waals surface area contributed by atoms with Crippen LogP contribution >= 0.6 is 0 Å². The summed E-state index contributed by atoms with van der Waals surface area (Å²) >= 11 is 0. The summed E-state index contributed by atoms with van der Waals surface area (Å²) in [5.41, 5.74) is 1.19. The Morgan fingerprint density at radius 3 is 2.67 bits per heavy atom. The number of rotatable bonds is 7. The van der Waals surface area contributed by atoms with Crippen LogP contribution in [0, 0.1) is 5.92 Å². The maximum atomic E-state index is 5.61. The lowest BCUT2D eigenvalue weighted by Crippen LogP contribution is -2.34. The van der Waals surface area contributed by atoms with E-state index in [9.17, 15) is 0 Å². The number of aromatic nitrogens is 2. The predicted molar refractivity (Wildman–Crippen MR) is 71.2 cm³/mol. The van der Waals surface area contributed by atoms with Crippen molar-refractivity contribution in [2.24, 2.45) is 5.92 Å². The largest absolute Gasteiger partial charge is 0.378 e. The Balaban J connectivity index is 1.85. The van der Waals surface area contributed by atoms with Crippen molar-refractivity contribution in [3.8, 4) is 0 Å². The summed E-state index contributed by atoms with van der Waals surface area (Å²) in [6.07, 6.45) is 9.46. The molecule has 0 radical (unpaired) electrons. The first-order valence-electron chi connectivity index (χ1n) is 6.93. The van der Waals surface area contributed by atoms with Gasteiger partial charge in [-0.05, 0) is 38.6 Å². The summed E-state index contributed by atoms with van der Waals surface area (Å²) < 4.78 is 5.61. The molecule has 1 N–H and O–H groups in total. The van der Waals surface area contributed by atoms with Crippen LogP contribution in [0.2, 0.25) is 0 Å². The number of nitrogens with one attached hydrogen (secondary N) is 1. The summed E-state index contributed by atoms with van der Waals surface area (Å²) in [5.74, 6) is 0.769. The molecule has 1 atom stereocenters. The molecule has 0 aliphatic heterocycles. The van der Waals surface area contributed by atoms with Gasteiger partial charge in [0.2, 0.25) is 0 Å². The Labute approximate surface area is 109 Å². The van der Waals surface area contributed by atoms with Gasteiger partial charge in [-0.15, -0.1) is 0 Å². The molecule has 100 valence electrons. The Bertz CT molecular complexity index is 338. The molecule has 1 aromatic rings. The van der Waals surface area contributed by atoms with Crippen LogP contribution in [0.4, 0.5) is 0 Å². The number of nitrogens with zero attached hydrogens (tertiary/aromatic N) is 2. The zero-order valence-electron chi connectivity index (χ0n) is 11.3. The van der Waals surface area contributed by atoms with Gasteiger partial charge in [0.15, 0.2) is 0 Å². The lowest BCUT2D eigenvalue weighted by Gasteiger charge is -2.37. The van der Waals surface area contributed by atoms with Crippen LogP contribution in [0.3, 0.4) is 0 Å². The van der Waals surface area contributed by atoms with Gasteiger partial charge >= 0.3 is 0 Å². The van der Waals surface area contributed by atoms with E-state index < -0.39 is 0 Å². The van der Waals surface area contributed by atoms with Crippen LogP contribution in [0.25, 0.3) is 0 Å². The molecular weight excluding hydrogens is 226 g/mol. The fourth-order valence-electron chi connectivity index (χ4n) is 2.65. The monoisotopic (exact) mass is 249 g/mol. The molecule has 4 heteroatoms. The van der Waals surface area contributed by atoms with Gasteiger partial charge in [0.1, 0.15) is 6.33 Å². The molecule has 0 bridgehead atoms. The normalized spacial score (nSPS) is 24.6. The maximum absolute atomic E-state index is 5.61. The third-order valence-electron chi connectivity index (χ3n) is 3.60. The lowest BCUT2D eigenvalue weighted by molar-refractivity contribution is -0.0291. The van der Waals surface area contributed by atoms with Crippen LogP contribution in [0.5, 0.6) is 0 Å². The van der Waals surface area contributed by atoms with Gasteiger partial charge in [-0.25, -0.2) is 9.97 Å². The van der Waals surface area contributed by atoms with Crippen molar-refractivity contribution in [1.82, 2.24) is 15.3 Å². The van der Waals surface area contributed by atoms with E-state index in [-0.39, 0.29) is 0 Å². The van der Waals surface area contributed by atoms with Crippen molar-refractivity contribution in [2.45, 2.75) is 45.3 Å². The molecule has 0 saturated heterocycles. The van der Waals surface area contributed by atoms with E-state index in [0.29, 0.717) is 12.1 Å². The molecule has 18 heavy (non-hydrogen) atoms. The van der Waals surface area contributed by atoms with E-state index in [2.05, 4.69) is 29.1 Å². The minimum Gasteiger partial charge on any atom is -0.378 e. The molecule has 4 nitrogen and oxygen atoms in total. The predicted octanol–water partition coefficient (Wildman–Crippen LogP) is 2.33. The van der Waals surface area contributed by atoms with Crippen LogP contribution in [-0.2, 0) is 4.74 Å². The van der Waals surface area contributed by atoms with E-state index >= 15 is 0 Å². The third-order valence-corrected chi connectivity index (χ3v) is 3.60. The maximum Gasteiger partial charge on any atom is 0.115 e. The van der Waals surface area contributed by atoms with Crippen LogP contribution < -0.4 is 5.32 Å². The second-order valence-electron chi connectivity index (χ2n) is 4.93. The van der Waals surface area contributed by atoms with Gasteiger partial charge in [0.05, 0.1) is 6.10 Å². The van der Waals surface area contributed by atoms with Crippen molar-refractivity contribution in [2.75, 3.05) is 13.2 Å². The van der Waals surface area contributed by atoms with E-state index in [1.807, 2.05) is 12.4 Å². The SMILES string of the molecule is CCNC(CC1CC(OCC)C1)c1cncnc1. The van der Waals surface area contributed by atoms with Crippen LogP contribution in [0.1, 0.15) is 44.7 Å². The number of hydrogen-bond acceptors (Lipinski definition) is 4. The first-order valence-corrected chi connectivity index (χ1v) is 6.93. The van der Waals surface area contributed by atoms with Crippen molar-refractivity contribution < 1.29 is 4.74 Å². The average Bonchev–Trinajstić information content (AvgIpc) is 2.36. The standard InChI is InChI=1S/C14H23N3O/c1-3-17-14(12-8-15-10-16-9-12)7-11-5-13(6-11)18-4-2/h8-11,13-14,17H,3-7H2,1-2H3. The zero-order valence-corrected chi connectivity index (χ0v) is 11.3. The average molecular weight is 249 g/mol. The molecular formula is C14H23N3O. The second kappa shape index (κ2) is 6.81. The van der Waals surface area contributed by atoms with Crippen molar-refractivity contribution in [3.63, 3.8) is 0 Å². The summed E-state index contributed by atoms with van der Waals surface area (Å²) in [6, 6.07) is 0.378. The highest BCUT2D eigenvalue weighted by atomic mass is 16.5. The smallest absolute Gasteiger partial charge is 0.115 e. The van der Waals surface area contributed by atoms with Gasteiger partial charge in [-0.3, -0.25) is 0 Å². The summed E-state index contributed by atoms with van der Waals surface area (Å²) in [4.78, 5) is 8.22. The molecule has 0 aromatic carbocycles. The fraction of sp³-hybridized carbons (Fsp3) is 0.714. The van der Waals surface area contributed by atoms with Gasteiger partial charge in [-0.2, -0.15) is 0 Å². The molecule has 1 unspecified atom stereocenters. The van der Waals surface area contributed by atoms with E-state index in [1.54, 1.807) is 6.33 Å². The van der Waals surface area contributed by atoms with E-state index in [1.165, 1.54) is 18.4 Å². The third kappa shape index (κ3) is 3.50. The molecule has 1 aromatic heterocycles. The molecule has 0 spiro atoms. The Kier molecular flexibility index (Phi) is 5.08. The molecule has 2 rings (SSSR count). The molecule has 0 amide bonds. The highest BCUT2D eigenvalue weighted by Gasteiger charge is 2.31. The summed E-state index contributed by atoms with van der Waals surface area (Å²) in [5, 5.41) is 3.52. The minimum atomic E-state index is 0.378. The van der Waals surface area contributed by atoms with Gasteiger partial charge in [0.25, 0.3) is 0 Å². The highest BCUT2D eigenvalue weighted by molar-refractivity contribution is 5.09. The van der Waals surface area contributed by atoms with Gasteiger partial charge < -0.3 is 10.1 Å². The van der Waals surface area contributed by atoms with E-state index in [4.69, 9.17) is 4.74 Å². The number of hydrogen-bond donors (Lipinski definition) is 1. The quantitative estimate of drug-likeness (QED) is 0.805. The number of ether oxygens (including phenoxy) is 1. The molecule has 1 aliphatic carbocycles. The highest BCUT2D eigenvalue weighted by Crippen LogP contribution is 2.36. The molecule has 1 saturated carbocycles. The van der Waals surface area contributed by atoms with Crippen molar-refractivity contribution in [3.05, 3.63) is 24.3 Å². The second-order valence-corrected chi connectivity index (χ2v) is 4.93. The van der Waals surface area contributed by atoms with Gasteiger partial charge in [0, 0.05) is 30.6 Å². The zero-order chi connectivity index (χ0) is 12.8. The van der Waals surface area contributed by atoms with Crippen molar-refractivity contribution in [1.29, 1.82) is 0 Å². The Morgan fingerprint density at radius 1 is 1.33 bits per heavy atom.